The third-order valence-corrected chi connectivity index (χ3v) is 5.89. The molecule has 3 N–H and O–H groups in total. The zero-order chi connectivity index (χ0) is 21.4. The van der Waals surface area contributed by atoms with Crippen molar-refractivity contribution in [2.75, 3.05) is 42.9 Å². The topological polar surface area (TPSA) is 100 Å². The third-order valence-electron chi connectivity index (χ3n) is 5.89. The van der Waals surface area contributed by atoms with E-state index in [1.165, 1.54) is 0 Å². The maximum absolute atomic E-state index is 12.4. The smallest absolute Gasteiger partial charge is 0.268 e. The Balaban J connectivity index is 1.41. The number of nitrogens with zero attached hydrogens (tertiary/aromatic N) is 5. The number of aromatic nitrogens is 4. The van der Waals surface area contributed by atoms with Crippen molar-refractivity contribution in [2.24, 2.45) is 5.92 Å². The van der Waals surface area contributed by atoms with Gasteiger partial charge in [0.15, 0.2) is 0 Å². The summed E-state index contributed by atoms with van der Waals surface area (Å²) >= 11 is 0. The Morgan fingerprint density at radius 1 is 1.19 bits per heavy atom. The minimum Gasteiger partial charge on any atom is -0.368 e. The molecule has 5 rings (SSSR count). The van der Waals surface area contributed by atoms with Crippen molar-refractivity contribution in [1.29, 1.82) is 0 Å². The number of amides is 1. The Hall–Kier alpha value is -3.20. The summed E-state index contributed by atoms with van der Waals surface area (Å²) in [6.45, 7) is 8.96. The average Bonchev–Trinajstić information content (AvgIpc) is 3.17. The number of rotatable bonds is 5. The summed E-state index contributed by atoms with van der Waals surface area (Å²) in [5.41, 5.74) is 2.55. The van der Waals surface area contributed by atoms with Gasteiger partial charge in [-0.2, -0.15) is 4.98 Å². The quantitative estimate of drug-likeness (QED) is 0.582. The van der Waals surface area contributed by atoms with E-state index in [-0.39, 0.29) is 11.9 Å². The molecule has 162 valence electrons. The molecule has 9 nitrogen and oxygen atoms in total. The van der Waals surface area contributed by atoms with Crippen LogP contribution in [-0.2, 0) is 0 Å². The summed E-state index contributed by atoms with van der Waals surface area (Å²) in [5.74, 6) is 1.63. The van der Waals surface area contributed by atoms with E-state index in [9.17, 15) is 4.79 Å². The summed E-state index contributed by atoms with van der Waals surface area (Å²) in [4.78, 5) is 28.5. The summed E-state index contributed by atoms with van der Waals surface area (Å²) < 4.78 is 2.07. The second kappa shape index (κ2) is 8.14. The van der Waals surface area contributed by atoms with Gasteiger partial charge in [0.1, 0.15) is 17.2 Å². The van der Waals surface area contributed by atoms with E-state index >= 15 is 0 Å². The molecule has 1 saturated heterocycles. The van der Waals surface area contributed by atoms with Gasteiger partial charge < -0.3 is 25.4 Å². The normalized spacial score (nSPS) is 18.9. The Bertz CT molecular complexity index is 1080. The van der Waals surface area contributed by atoms with Crippen molar-refractivity contribution in [3.05, 3.63) is 36.3 Å². The molecular formula is C22H28N8O. The van der Waals surface area contributed by atoms with Gasteiger partial charge in [-0.05, 0) is 30.5 Å². The number of hydrogen-bond acceptors (Lipinski definition) is 7. The van der Waals surface area contributed by atoms with Gasteiger partial charge in [0.25, 0.3) is 5.91 Å². The second-order valence-corrected chi connectivity index (χ2v) is 8.63. The van der Waals surface area contributed by atoms with E-state index in [1.54, 1.807) is 6.20 Å². The molecule has 2 aliphatic heterocycles. The fraction of sp³-hybridized carbons (Fsp3) is 0.455. The number of hydrogen-bond donors (Lipinski definition) is 3. The molecule has 0 radical (unpaired) electrons. The standard InChI is InChI=1S/C22H28N8O/c1-14(2)9-17-13-25-21(31)18-10-15-11-26-22(28-20(15)30(17)18)27-19-4-3-16(12-24-19)29-7-5-23-6-8-29/h3-4,10-12,14,17,23H,5-9,13H2,1-2H3,(H,25,31)(H,24,26,27,28)/t17-/m0/s1. The molecule has 3 aromatic heterocycles. The molecule has 0 aromatic carbocycles. The molecule has 3 aromatic rings. The number of carbonyl (C=O) groups excluding carboxylic acids is 1. The van der Waals surface area contributed by atoms with Crippen molar-refractivity contribution in [3.8, 4) is 0 Å². The molecule has 1 amide bonds. The van der Waals surface area contributed by atoms with E-state index in [0.717, 1.165) is 49.3 Å². The van der Waals surface area contributed by atoms with Gasteiger partial charge in [-0.15, -0.1) is 0 Å². The monoisotopic (exact) mass is 420 g/mol. The second-order valence-electron chi connectivity index (χ2n) is 8.63. The Kier molecular flexibility index (Phi) is 5.19. The van der Waals surface area contributed by atoms with Crippen molar-refractivity contribution in [1.82, 2.24) is 30.2 Å². The minimum atomic E-state index is -0.0577. The molecule has 2 aliphatic rings. The summed E-state index contributed by atoms with van der Waals surface area (Å²) in [6.07, 6.45) is 4.62. The van der Waals surface area contributed by atoms with Crippen LogP contribution >= 0.6 is 0 Å². The fourth-order valence-electron chi connectivity index (χ4n) is 4.42. The molecular weight excluding hydrogens is 392 g/mol. The van der Waals surface area contributed by atoms with Crippen molar-refractivity contribution < 1.29 is 4.79 Å². The van der Waals surface area contributed by atoms with Crippen LogP contribution in [0.5, 0.6) is 0 Å². The first-order chi connectivity index (χ1) is 15.1. The van der Waals surface area contributed by atoms with Crippen LogP contribution < -0.4 is 20.9 Å². The lowest BCUT2D eigenvalue weighted by Gasteiger charge is -2.29. The molecule has 9 heteroatoms. The number of fused-ring (bicyclic) bond motifs is 3. The highest BCUT2D eigenvalue weighted by Crippen LogP contribution is 2.29. The summed E-state index contributed by atoms with van der Waals surface area (Å²) in [6, 6.07) is 6.08. The van der Waals surface area contributed by atoms with E-state index in [2.05, 4.69) is 55.3 Å². The van der Waals surface area contributed by atoms with Crippen LogP contribution in [0.25, 0.3) is 11.0 Å². The molecule has 0 bridgehead atoms. The Morgan fingerprint density at radius 2 is 2.03 bits per heavy atom. The van der Waals surface area contributed by atoms with Crippen molar-refractivity contribution in [2.45, 2.75) is 26.3 Å². The maximum atomic E-state index is 12.4. The van der Waals surface area contributed by atoms with Crippen LogP contribution in [0, 0.1) is 5.92 Å². The number of carbonyl (C=O) groups is 1. The fourth-order valence-corrected chi connectivity index (χ4v) is 4.42. The van der Waals surface area contributed by atoms with Crippen molar-refractivity contribution in [3.63, 3.8) is 0 Å². The highest BCUT2D eigenvalue weighted by Gasteiger charge is 2.28. The summed E-state index contributed by atoms with van der Waals surface area (Å²) in [5, 5.41) is 10.4. The van der Waals surface area contributed by atoms with E-state index in [1.807, 2.05) is 18.3 Å². The highest BCUT2D eigenvalue weighted by atomic mass is 16.2. The minimum absolute atomic E-state index is 0.0577. The summed E-state index contributed by atoms with van der Waals surface area (Å²) in [7, 11) is 0. The Morgan fingerprint density at radius 3 is 2.77 bits per heavy atom. The third kappa shape index (κ3) is 3.93. The van der Waals surface area contributed by atoms with Crippen LogP contribution in [0.1, 0.15) is 36.8 Å². The number of pyridine rings is 1. The first-order valence-electron chi connectivity index (χ1n) is 10.9. The van der Waals surface area contributed by atoms with Crippen LogP contribution in [0.2, 0.25) is 0 Å². The number of nitrogens with one attached hydrogen (secondary N) is 3. The van der Waals surface area contributed by atoms with Crippen LogP contribution in [0.4, 0.5) is 17.5 Å². The zero-order valence-electron chi connectivity index (χ0n) is 17.9. The highest BCUT2D eigenvalue weighted by molar-refractivity contribution is 5.98. The molecule has 0 unspecified atom stereocenters. The predicted octanol–water partition coefficient (Wildman–Crippen LogP) is 2.31. The number of anilines is 3. The van der Waals surface area contributed by atoms with E-state index in [4.69, 9.17) is 4.98 Å². The van der Waals surface area contributed by atoms with Crippen LogP contribution in [0.3, 0.4) is 0 Å². The zero-order valence-corrected chi connectivity index (χ0v) is 17.9. The van der Waals surface area contributed by atoms with Gasteiger partial charge in [-0.3, -0.25) is 4.79 Å². The lowest BCUT2D eigenvalue weighted by Crippen LogP contribution is -2.43. The Labute approximate surface area is 181 Å². The largest absolute Gasteiger partial charge is 0.368 e. The average molecular weight is 421 g/mol. The van der Waals surface area contributed by atoms with Gasteiger partial charge in [0, 0.05) is 44.3 Å². The molecule has 0 aliphatic carbocycles. The van der Waals surface area contributed by atoms with Gasteiger partial charge in [-0.1, -0.05) is 13.8 Å². The SMILES string of the molecule is CC(C)C[C@H]1CNC(=O)c2cc3cnc(Nc4ccc(N5CCNCC5)cn4)nc3n21. The molecule has 1 atom stereocenters. The lowest BCUT2D eigenvalue weighted by molar-refractivity contribution is 0.0912. The molecule has 5 heterocycles. The van der Waals surface area contributed by atoms with E-state index in [0.29, 0.717) is 29.9 Å². The number of piperazine rings is 1. The van der Waals surface area contributed by atoms with Crippen LogP contribution in [0.15, 0.2) is 30.6 Å². The lowest BCUT2D eigenvalue weighted by atomic mass is 10.0. The molecule has 0 spiro atoms. The van der Waals surface area contributed by atoms with Gasteiger partial charge in [0.05, 0.1) is 17.9 Å². The van der Waals surface area contributed by atoms with Crippen molar-refractivity contribution >= 4 is 34.4 Å². The van der Waals surface area contributed by atoms with Crippen LogP contribution in [-0.4, -0.2) is 58.1 Å². The van der Waals surface area contributed by atoms with Gasteiger partial charge in [0.2, 0.25) is 5.95 Å². The van der Waals surface area contributed by atoms with E-state index < -0.39 is 0 Å². The molecule has 0 saturated carbocycles. The van der Waals surface area contributed by atoms with Gasteiger partial charge in [-0.25, -0.2) is 9.97 Å². The predicted molar refractivity (Wildman–Crippen MR) is 121 cm³/mol. The molecule has 1 fully saturated rings. The van der Waals surface area contributed by atoms with Gasteiger partial charge >= 0.3 is 0 Å². The molecule has 31 heavy (non-hydrogen) atoms. The maximum Gasteiger partial charge on any atom is 0.268 e. The first kappa shape index (κ1) is 19.7. The first-order valence-corrected chi connectivity index (χ1v) is 10.9.